The van der Waals surface area contributed by atoms with Gasteiger partial charge in [0.1, 0.15) is 11.5 Å². The van der Waals surface area contributed by atoms with E-state index < -0.39 is 0 Å². The Labute approximate surface area is 149 Å². The monoisotopic (exact) mass is 357 g/mol. The molecule has 6 nitrogen and oxygen atoms in total. The number of rotatable bonds is 6. The molecule has 0 atom stereocenters. The lowest BCUT2D eigenvalue weighted by Crippen LogP contribution is -2.13. The van der Waals surface area contributed by atoms with Gasteiger partial charge in [0.2, 0.25) is 0 Å². The smallest absolute Gasteiger partial charge is 0.257 e. The second kappa shape index (κ2) is 7.72. The first-order valence-corrected chi connectivity index (χ1v) is 7.89. The van der Waals surface area contributed by atoms with E-state index in [0.717, 1.165) is 5.76 Å². The molecule has 128 valence electrons. The molecule has 0 bridgehead atoms. The lowest BCUT2D eigenvalue weighted by molar-refractivity contribution is 0.102. The largest absolute Gasteiger partial charge is 0.495 e. The molecule has 7 heteroatoms. The van der Waals surface area contributed by atoms with Crippen LogP contribution in [0.5, 0.6) is 5.75 Å². The molecule has 25 heavy (non-hydrogen) atoms. The molecule has 3 aromatic rings. The number of benzene rings is 1. The van der Waals surface area contributed by atoms with Gasteiger partial charge in [0.15, 0.2) is 0 Å². The highest BCUT2D eigenvalue weighted by molar-refractivity contribution is 6.31. The van der Waals surface area contributed by atoms with Crippen molar-refractivity contribution in [2.24, 2.45) is 0 Å². The van der Waals surface area contributed by atoms with Crippen molar-refractivity contribution >= 4 is 28.9 Å². The summed E-state index contributed by atoms with van der Waals surface area (Å²) in [5.41, 5.74) is 1.61. The van der Waals surface area contributed by atoms with Crippen molar-refractivity contribution in [3.05, 3.63) is 71.4 Å². The number of halogens is 1. The second-order valence-electron chi connectivity index (χ2n) is 5.19. The van der Waals surface area contributed by atoms with E-state index in [4.69, 9.17) is 20.8 Å². The third-order valence-corrected chi connectivity index (χ3v) is 3.69. The molecule has 2 N–H and O–H groups in total. The van der Waals surface area contributed by atoms with Gasteiger partial charge in [-0.15, -0.1) is 0 Å². The summed E-state index contributed by atoms with van der Waals surface area (Å²) in [4.78, 5) is 16.6. The predicted octanol–water partition coefficient (Wildman–Crippen LogP) is 4.20. The number of nitrogens with one attached hydrogen (secondary N) is 2. The van der Waals surface area contributed by atoms with Crippen molar-refractivity contribution in [3.63, 3.8) is 0 Å². The van der Waals surface area contributed by atoms with Gasteiger partial charge < -0.3 is 19.8 Å². The number of pyridine rings is 1. The average Bonchev–Trinajstić information content (AvgIpc) is 3.14. The van der Waals surface area contributed by atoms with Gasteiger partial charge in [-0.3, -0.25) is 9.78 Å². The molecule has 2 aromatic heterocycles. The average molecular weight is 358 g/mol. The van der Waals surface area contributed by atoms with Gasteiger partial charge in [0, 0.05) is 17.4 Å². The number of anilines is 2. The Balaban J connectivity index is 1.72. The molecule has 1 aromatic carbocycles. The quantitative estimate of drug-likeness (QED) is 0.691. The molecule has 0 aliphatic rings. The summed E-state index contributed by atoms with van der Waals surface area (Å²) in [6, 6.07) is 10.4. The Morgan fingerprint density at radius 2 is 2.16 bits per heavy atom. The third kappa shape index (κ3) is 4.30. The molecule has 1 amide bonds. The summed E-state index contributed by atoms with van der Waals surface area (Å²) in [5.74, 6) is 1.01. The van der Waals surface area contributed by atoms with Crippen LogP contribution >= 0.6 is 11.6 Å². The fourth-order valence-corrected chi connectivity index (χ4v) is 2.41. The maximum Gasteiger partial charge on any atom is 0.257 e. The molecule has 3 rings (SSSR count). The molecule has 0 aliphatic carbocycles. The molecule has 0 radical (unpaired) electrons. The molecule has 0 spiro atoms. The summed E-state index contributed by atoms with van der Waals surface area (Å²) in [7, 11) is 1.53. The molecular weight excluding hydrogens is 342 g/mol. The van der Waals surface area contributed by atoms with Crippen molar-refractivity contribution in [2.75, 3.05) is 17.7 Å². The zero-order chi connectivity index (χ0) is 17.6. The van der Waals surface area contributed by atoms with E-state index >= 15 is 0 Å². The van der Waals surface area contributed by atoms with Gasteiger partial charge >= 0.3 is 0 Å². The van der Waals surface area contributed by atoms with Crippen molar-refractivity contribution in [2.45, 2.75) is 6.54 Å². The van der Waals surface area contributed by atoms with Crippen LogP contribution in [-0.2, 0) is 6.54 Å². The number of aromatic nitrogens is 1. The topological polar surface area (TPSA) is 76.4 Å². The van der Waals surface area contributed by atoms with Crippen LogP contribution in [0.4, 0.5) is 11.4 Å². The first-order chi connectivity index (χ1) is 12.2. The Bertz CT molecular complexity index is 866. The van der Waals surface area contributed by atoms with Gasteiger partial charge in [-0.1, -0.05) is 11.6 Å². The van der Waals surface area contributed by atoms with Crippen LogP contribution in [-0.4, -0.2) is 18.0 Å². The predicted molar refractivity (Wildman–Crippen MR) is 96.2 cm³/mol. The number of nitrogens with zero attached hydrogens (tertiary/aromatic N) is 1. The number of amides is 1. The second-order valence-corrected chi connectivity index (χ2v) is 5.63. The Morgan fingerprint density at radius 3 is 2.92 bits per heavy atom. The summed E-state index contributed by atoms with van der Waals surface area (Å²) >= 11 is 5.98. The molecular formula is C18H16ClN3O3. The fourth-order valence-electron chi connectivity index (χ4n) is 2.24. The number of hydrogen-bond acceptors (Lipinski definition) is 5. The molecule has 2 heterocycles. The number of hydrogen-bond donors (Lipinski definition) is 2. The van der Waals surface area contributed by atoms with Crippen LogP contribution in [0, 0.1) is 0 Å². The van der Waals surface area contributed by atoms with E-state index in [1.54, 1.807) is 36.7 Å². The summed E-state index contributed by atoms with van der Waals surface area (Å²) in [5, 5.41) is 6.44. The number of carbonyl (C=O) groups excluding carboxylic acids is 1. The maximum atomic E-state index is 12.5. The standard InChI is InChI=1S/C18H16ClN3O3/c1-24-17-5-4-13(19)8-16(17)22-18(23)12-7-14(10-20-9-12)21-11-15-3-2-6-25-15/h2-10,21H,11H2,1H3,(H,22,23). The highest BCUT2D eigenvalue weighted by Crippen LogP contribution is 2.28. The minimum Gasteiger partial charge on any atom is -0.495 e. The lowest BCUT2D eigenvalue weighted by atomic mass is 10.2. The first kappa shape index (κ1) is 16.9. The van der Waals surface area contributed by atoms with Crippen molar-refractivity contribution < 1.29 is 13.9 Å². The third-order valence-electron chi connectivity index (χ3n) is 3.46. The van der Waals surface area contributed by atoms with E-state index in [-0.39, 0.29) is 5.91 Å². The zero-order valence-electron chi connectivity index (χ0n) is 13.5. The molecule has 0 saturated heterocycles. The van der Waals surface area contributed by atoms with Crippen molar-refractivity contribution in [1.29, 1.82) is 0 Å². The first-order valence-electron chi connectivity index (χ1n) is 7.52. The Morgan fingerprint density at radius 1 is 1.28 bits per heavy atom. The van der Waals surface area contributed by atoms with E-state index in [0.29, 0.717) is 34.3 Å². The van der Waals surface area contributed by atoms with Crippen molar-refractivity contribution in [1.82, 2.24) is 4.98 Å². The fraction of sp³-hybridized carbons (Fsp3) is 0.111. The molecule has 0 fully saturated rings. The Kier molecular flexibility index (Phi) is 5.20. The number of carbonyl (C=O) groups is 1. The minimum absolute atomic E-state index is 0.310. The molecule has 0 aliphatic heterocycles. The van der Waals surface area contributed by atoms with Gasteiger partial charge in [0.05, 0.1) is 36.9 Å². The Hall–Kier alpha value is -2.99. The van der Waals surface area contributed by atoms with Crippen LogP contribution in [0.3, 0.4) is 0 Å². The number of ether oxygens (including phenoxy) is 1. The minimum atomic E-state index is -0.310. The zero-order valence-corrected chi connectivity index (χ0v) is 14.2. The summed E-state index contributed by atoms with van der Waals surface area (Å²) in [6.07, 6.45) is 4.74. The van der Waals surface area contributed by atoms with Crippen LogP contribution in [0.1, 0.15) is 16.1 Å². The van der Waals surface area contributed by atoms with Crippen molar-refractivity contribution in [3.8, 4) is 5.75 Å². The highest BCUT2D eigenvalue weighted by atomic mass is 35.5. The van der Waals surface area contributed by atoms with Crippen LogP contribution in [0.2, 0.25) is 5.02 Å². The van der Waals surface area contributed by atoms with E-state index in [1.165, 1.54) is 13.3 Å². The van der Waals surface area contributed by atoms with Gasteiger partial charge in [0.25, 0.3) is 5.91 Å². The van der Waals surface area contributed by atoms with E-state index in [2.05, 4.69) is 15.6 Å². The summed E-state index contributed by atoms with van der Waals surface area (Å²) in [6.45, 7) is 0.502. The van der Waals surface area contributed by atoms with Gasteiger partial charge in [-0.25, -0.2) is 0 Å². The normalized spacial score (nSPS) is 10.3. The molecule has 0 saturated carbocycles. The number of furan rings is 1. The SMILES string of the molecule is COc1ccc(Cl)cc1NC(=O)c1cncc(NCc2ccco2)c1. The lowest BCUT2D eigenvalue weighted by Gasteiger charge is -2.11. The van der Waals surface area contributed by atoms with Gasteiger partial charge in [-0.05, 0) is 36.4 Å². The van der Waals surface area contributed by atoms with Crippen LogP contribution < -0.4 is 15.4 Å². The summed E-state index contributed by atoms with van der Waals surface area (Å²) < 4.78 is 10.5. The van der Waals surface area contributed by atoms with Crippen LogP contribution in [0.25, 0.3) is 0 Å². The van der Waals surface area contributed by atoms with E-state index in [9.17, 15) is 4.79 Å². The highest BCUT2D eigenvalue weighted by Gasteiger charge is 2.11. The van der Waals surface area contributed by atoms with Gasteiger partial charge in [-0.2, -0.15) is 0 Å². The molecule has 0 unspecified atom stereocenters. The van der Waals surface area contributed by atoms with Crippen LogP contribution in [0.15, 0.2) is 59.5 Å². The maximum absolute atomic E-state index is 12.5. The number of methoxy groups -OCH3 is 1. The van der Waals surface area contributed by atoms with E-state index in [1.807, 2.05) is 12.1 Å².